The summed E-state index contributed by atoms with van der Waals surface area (Å²) in [6.07, 6.45) is 6.27. The van der Waals surface area contributed by atoms with E-state index in [2.05, 4.69) is 5.32 Å². The van der Waals surface area contributed by atoms with Crippen molar-refractivity contribution in [2.75, 3.05) is 13.1 Å². The van der Waals surface area contributed by atoms with Crippen molar-refractivity contribution >= 4 is 5.91 Å². The number of ether oxygens (including phenoxy) is 1. The maximum Gasteiger partial charge on any atom is 0.249 e. The summed E-state index contributed by atoms with van der Waals surface area (Å²) in [4.78, 5) is 12.2. The van der Waals surface area contributed by atoms with Crippen molar-refractivity contribution in [3.8, 4) is 0 Å². The number of benzene rings is 1. The molecule has 0 radical (unpaired) electrons. The molecule has 1 aliphatic carbocycles. The normalized spacial score (nSPS) is 16.2. The SMILES string of the molecule is NC/C=C/CNC(=O)C(Cc1ccccc1)OC1CC1. The highest BCUT2D eigenvalue weighted by molar-refractivity contribution is 5.81. The fourth-order valence-corrected chi connectivity index (χ4v) is 1.92. The van der Waals surface area contributed by atoms with Crippen molar-refractivity contribution in [1.82, 2.24) is 5.32 Å². The van der Waals surface area contributed by atoms with Crippen LogP contribution in [0.3, 0.4) is 0 Å². The minimum absolute atomic E-state index is 0.0533. The number of carbonyl (C=O) groups excluding carboxylic acids is 1. The van der Waals surface area contributed by atoms with Crippen LogP contribution in [0.15, 0.2) is 42.5 Å². The summed E-state index contributed by atoms with van der Waals surface area (Å²) in [6, 6.07) is 9.96. The van der Waals surface area contributed by atoms with Crippen LogP contribution in [0.4, 0.5) is 0 Å². The Balaban J connectivity index is 1.88. The van der Waals surface area contributed by atoms with Crippen molar-refractivity contribution < 1.29 is 9.53 Å². The van der Waals surface area contributed by atoms with Crippen LogP contribution in [0.2, 0.25) is 0 Å². The molecule has 1 aliphatic rings. The maximum absolute atomic E-state index is 12.2. The molecule has 0 heterocycles. The van der Waals surface area contributed by atoms with Crippen molar-refractivity contribution in [3.63, 3.8) is 0 Å². The molecule has 1 amide bonds. The standard InChI is InChI=1S/C16H22N2O2/c17-10-4-5-11-18-16(19)15(20-14-8-9-14)12-13-6-2-1-3-7-13/h1-7,14-15H,8-12,17H2,(H,18,19)/b5-4+. The highest BCUT2D eigenvalue weighted by atomic mass is 16.5. The van der Waals surface area contributed by atoms with E-state index >= 15 is 0 Å². The van der Waals surface area contributed by atoms with E-state index in [0.717, 1.165) is 18.4 Å². The number of hydrogen-bond acceptors (Lipinski definition) is 3. The fourth-order valence-electron chi connectivity index (χ4n) is 1.92. The van der Waals surface area contributed by atoms with Crippen LogP contribution >= 0.6 is 0 Å². The summed E-state index contributed by atoms with van der Waals surface area (Å²) in [5.74, 6) is -0.0533. The van der Waals surface area contributed by atoms with Gasteiger partial charge in [-0.3, -0.25) is 4.79 Å². The molecule has 1 aromatic rings. The summed E-state index contributed by atoms with van der Waals surface area (Å²) in [5.41, 5.74) is 6.47. The fraction of sp³-hybridized carbons (Fsp3) is 0.438. The molecule has 0 saturated heterocycles. The Bertz CT molecular complexity index is 441. The van der Waals surface area contributed by atoms with Crippen molar-refractivity contribution in [3.05, 3.63) is 48.0 Å². The van der Waals surface area contributed by atoms with Crippen LogP contribution in [-0.4, -0.2) is 31.2 Å². The van der Waals surface area contributed by atoms with Gasteiger partial charge in [0.15, 0.2) is 0 Å². The zero-order chi connectivity index (χ0) is 14.2. The molecule has 2 rings (SSSR count). The third-order valence-electron chi connectivity index (χ3n) is 3.13. The zero-order valence-corrected chi connectivity index (χ0v) is 11.6. The molecule has 0 spiro atoms. The van der Waals surface area contributed by atoms with Crippen LogP contribution in [0.1, 0.15) is 18.4 Å². The highest BCUT2D eigenvalue weighted by Gasteiger charge is 2.29. The summed E-state index contributed by atoms with van der Waals surface area (Å²) >= 11 is 0. The molecular formula is C16H22N2O2. The number of amides is 1. The molecule has 1 saturated carbocycles. The monoisotopic (exact) mass is 274 g/mol. The molecule has 20 heavy (non-hydrogen) atoms. The van der Waals surface area contributed by atoms with E-state index < -0.39 is 6.10 Å². The van der Waals surface area contributed by atoms with Gasteiger partial charge < -0.3 is 15.8 Å². The lowest BCUT2D eigenvalue weighted by molar-refractivity contribution is -0.133. The minimum atomic E-state index is -0.406. The van der Waals surface area contributed by atoms with Gasteiger partial charge in [-0.05, 0) is 18.4 Å². The largest absolute Gasteiger partial charge is 0.365 e. The minimum Gasteiger partial charge on any atom is -0.365 e. The van der Waals surface area contributed by atoms with Gasteiger partial charge in [0.1, 0.15) is 6.10 Å². The van der Waals surface area contributed by atoms with Crippen molar-refractivity contribution in [2.45, 2.75) is 31.5 Å². The van der Waals surface area contributed by atoms with Crippen LogP contribution in [0, 0.1) is 0 Å². The second-order valence-electron chi connectivity index (χ2n) is 4.97. The molecule has 3 N–H and O–H groups in total. The predicted octanol–water partition coefficient (Wildman–Crippen LogP) is 1.41. The Morgan fingerprint density at radius 3 is 2.75 bits per heavy atom. The maximum atomic E-state index is 12.2. The Labute approximate surface area is 120 Å². The average molecular weight is 274 g/mol. The lowest BCUT2D eigenvalue weighted by Crippen LogP contribution is -2.38. The van der Waals surface area contributed by atoms with Gasteiger partial charge in [0, 0.05) is 19.5 Å². The first kappa shape index (κ1) is 14.8. The van der Waals surface area contributed by atoms with Crippen LogP contribution in [0.5, 0.6) is 0 Å². The van der Waals surface area contributed by atoms with Crippen LogP contribution in [0.25, 0.3) is 0 Å². The first-order valence-corrected chi connectivity index (χ1v) is 7.11. The summed E-state index contributed by atoms with van der Waals surface area (Å²) in [7, 11) is 0. The first-order valence-electron chi connectivity index (χ1n) is 7.11. The van der Waals surface area contributed by atoms with Gasteiger partial charge in [-0.1, -0.05) is 42.5 Å². The van der Waals surface area contributed by atoms with E-state index in [1.54, 1.807) is 0 Å². The van der Waals surface area contributed by atoms with Gasteiger partial charge >= 0.3 is 0 Å². The van der Waals surface area contributed by atoms with E-state index in [9.17, 15) is 4.79 Å². The molecule has 0 aromatic heterocycles. The quantitative estimate of drug-likeness (QED) is 0.704. The molecule has 4 nitrogen and oxygen atoms in total. The molecule has 108 valence electrons. The predicted molar refractivity (Wildman–Crippen MR) is 79.2 cm³/mol. The molecule has 1 aromatic carbocycles. The van der Waals surface area contributed by atoms with E-state index in [0.29, 0.717) is 19.5 Å². The number of nitrogens with two attached hydrogens (primary N) is 1. The van der Waals surface area contributed by atoms with Crippen molar-refractivity contribution in [2.24, 2.45) is 5.73 Å². The summed E-state index contributed by atoms with van der Waals surface area (Å²) < 4.78 is 5.82. The zero-order valence-electron chi connectivity index (χ0n) is 11.6. The number of hydrogen-bond donors (Lipinski definition) is 2. The smallest absolute Gasteiger partial charge is 0.249 e. The summed E-state index contributed by atoms with van der Waals surface area (Å²) in [5, 5.41) is 2.86. The molecule has 1 atom stereocenters. The van der Waals surface area contributed by atoms with Crippen LogP contribution < -0.4 is 11.1 Å². The van der Waals surface area contributed by atoms with Crippen LogP contribution in [-0.2, 0) is 16.0 Å². The summed E-state index contributed by atoms with van der Waals surface area (Å²) in [6.45, 7) is 0.983. The second-order valence-corrected chi connectivity index (χ2v) is 4.97. The number of nitrogens with one attached hydrogen (secondary N) is 1. The third-order valence-corrected chi connectivity index (χ3v) is 3.13. The topological polar surface area (TPSA) is 64.3 Å². The Hall–Kier alpha value is -1.65. The Kier molecular flexibility index (Phi) is 5.77. The number of rotatable bonds is 8. The van der Waals surface area contributed by atoms with E-state index in [1.165, 1.54) is 0 Å². The van der Waals surface area contributed by atoms with Gasteiger partial charge in [0.25, 0.3) is 0 Å². The molecule has 1 unspecified atom stereocenters. The molecule has 0 bridgehead atoms. The molecular weight excluding hydrogens is 252 g/mol. The highest BCUT2D eigenvalue weighted by Crippen LogP contribution is 2.26. The average Bonchev–Trinajstić information content (AvgIpc) is 3.28. The van der Waals surface area contributed by atoms with Gasteiger partial charge in [-0.25, -0.2) is 0 Å². The lowest BCUT2D eigenvalue weighted by atomic mass is 10.1. The first-order chi connectivity index (χ1) is 9.79. The Morgan fingerprint density at radius 1 is 1.35 bits per heavy atom. The van der Waals surface area contributed by atoms with E-state index in [-0.39, 0.29) is 12.0 Å². The Morgan fingerprint density at radius 2 is 2.10 bits per heavy atom. The van der Waals surface area contributed by atoms with Gasteiger partial charge in [0.05, 0.1) is 6.10 Å². The second kappa shape index (κ2) is 7.82. The molecule has 4 heteroatoms. The van der Waals surface area contributed by atoms with E-state index in [4.69, 9.17) is 10.5 Å². The number of carbonyl (C=O) groups is 1. The van der Waals surface area contributed by atoms with Gasteiger partial charge in [0.2, 0.25) is 5.91 Å². The third kappa shape index (κ3) is 5.15. The molecule has 1 fully saturated rings. The van der Waals surface area contributed by atoms with E-state index in [1.807, 2.05) is 42.5 Å². The van der Waals surface area contributed by atoms with Gasteiger partial charge in [-0.15, -0.1) is 0 Å². The van der Waals surface area contributed by atoms with Gasteiger partial charge in [-0.2, -0.15) is 0 Å². The molecule has 0 aliphatic heterocycles. The lowest BCUT2D eigenvalue weighted by Gasteiger charge is -2.17. The van der Waals surface area contributed by atoms with Crippen molar-refractivity contribution in [1.29, 1.82) is 0 Å².